The zero-order chi connectivity index (χ0) is 14.4. The van der Waals surface area contributed by atoms with E-state index in [0.29, 0.717) is 19.4 Å². The van der Waals surface area contributed by atoms with Crippen molar-refractivity contribution in [3.8, 4) is 5.75 Å². The molecule has 110 valence electrons. The summed E-state index contributed by atoms with van der Waals surface area (Å²) in [6, 6.07) is 7.91. The lowest BCUT2D eigenvalue weighted by molar-refractivity contribution is -0.132. The lowest BCUT2D eigenvalue weighted by Crippen LogP contribution is -2.37. The van der Waals surface area contributed by atoms with Crippen molar-refractivity contribution in [3.63, 3.8) is 0 Å². The van der Waals surface area contributed by atoms with Crippen LogP contribution in [0.1, 0.15) is 31.2 Å². The van der Waals surface area contributed by atoms with Crippen LogP contribution in [0.25, 0.3) is 0 Å². The number of aryl methyl sites for hydroxylation is 1. The number of carbonyl (C=O) groups is 1. The number of carbonyl (C=O) groups excluding carboxylic acids is 1. The summed E-state index contributed by atoms with van der Waals surface area (Å²) in [5, 5.41) is 9.22. The molecule has 0 spiro atoms. The summed E-state index contributed by atoms with van der Waals surface area (Å²) in [5.41, 5.74) is 1.11. The van der Waals surface area contributed by atoms with Gasteiger partial charge in [-0.15, -0.1) is 0 Å². The first-order valence-electron chi connectivity index (χ1n) is 7.31. The highest BCUT2D eigenvalue weighted by molar-refractivity contribution is 5.76. The molecule has 1 amide bonds. The van der Waals surface area contributed by atoms with Crippen molar-refractivity contribution in [2.24, 2.45) is 0 Å². The molecular formula is C16H23NO3. The van der Waals surface area contributed by atoms with Gasteiger partial charge in [-0.1, -0.05) is 18.2 Å². The fourth-order valence-electron chi connectivity index (χ4n) is 2.62. The fraction of sp³-hybridized carbons (Fsp3) is 0.562. The van der Waals surface area contributed by atoms with Gasteiger partial charge in [0, 0.05) is 13.0 Å². The summed E-state index contributed by atoms with van der Waals surface area (Å²) < 4.78 is 5.68. The molecule has 4 nitrogen and oxygen atoms in total. The summed E-state index contributed by atoms with van der Waals surface area (Å²) in [5.74, 6) is 1.02. The SMILES string of the molecule is Cc1ccccc1OCCCC(=O)N1CCCC1CO. The number of likely N-dealkylation sites (tertiary alicyclic amines) is 1. The normalized spacial score (nSPS) is 18.3. The second-order valence-electron chi connectivity index (χ2n) is 5.28. The van der Waals surface area contributed by atoms with Crippen molar-refractivity contribution in [1.29, 1.82) is 0 Å². The van der Waals surface area contributed by atoms with E-state index >= 15 is 0 Å². The maximum Gasteiger partial charge on any atom is 0.223 e. The topological polar surface area (TPSA) is 49.8 Å². The number of hydrogen-bond acceptors (Lipinski definition) is 3. The molecule has 1 saturated heterocycles. The molecule has 0 aliphatic carbocycles. The number of benzene rings is 1. The van der Waals surface area contributed by atoms with Gasteiger partial charge in [-0.2, -0.15) is 0 Å². The Hall–Kier alpha value is -1.55. The van der Waals surface area contributed by atoms with Crippen molar-refractivity contribution in [1.82, 2.24) is 4.90 Å². The number of hydrogen-bond donors (Lipinski definition) is 1. The first-order chi connectivity index (χ1) is 9.72. The van der Waals surface area contributed by atoms with Crippen LogP contribution in [0.2, 0.25) is 0 Å². The number of rotatable bonds is 6. The minimum atomic E-state index is 0.0276. The number of nitrogens with zero attached hydrogens (tertiary/aromatic N) is 1. The Balaban J connectivity index is 1.71. The molecule has 1 atom stereocenters. The highest BCUT2D eigenvalue weighted by Crippen LogP contribution is 2.19. The van der Waals surface area contributed by atoms with Crippen LogP contribution in [0.3, 0.4) is 0 Å². The molecule has 1 N–H and O–H groups in total. The highest BCUT2D eigenvalue weighted by atomic mass is 16.5. The average Bonchev–Trinajstić information content (AvgIpc) is 2.93. The van der Waals surface area contributed by atoms with Crippen molar-refractivity contribution < 1.29 is 14.6 Å². The Labute approximate surface area is 120 Å². The summed E-state index contributed by atoms with van der Waals surface area (Å²) in [6.45, 7) is 3.42. The third kappa shape index (κ3) is 3.73. The van der Waals surface area contributed by atoms with E-state index in [0.717, 1.165) is 30.7 Å². The molecule has 0 radical (unpaired) electrons. The maximum atomic E-state index is 12.1. The van der Waals surface area contributed by atoms with Gasteiger partial charge in [0.15, 0.2) is 0 Å². The molecule has 20 heavy (non-hydrogen) atoms. The Bertz CT molecular complexity index is 447. The molecule has 1 heterocycles. The number of ether oxygens (including phenoxy) is 1. The molecule has 1 aliphatic rings. The molecule has 2 rings (SSSR count). The first kappa shape index (κ1) is 14.9. The zero-order valence-electron chi connectivity index (χ0n) is 12.0. The van der Waals surface area contributed by atoms with Gasteiger partial charge >= 0.3 is 0 Å². The van der Waals surface area contributed by atoms with Crippen molar-refractivity contribution in [2.75, 3.05) is 19.8 Å². The predicted octanol–water partition coefficient (Wildman–Crippen LogP) is 2.14. The van der Waals surface area contributed by atoms with Crippen LogP contribution in [0.4, 0.5) is 0 Å². The zero-order valence-corrected chi connectivity index (χ0v) is 12.0. The van der Waals surface area contributed by atoms with E-state index in [9.17, 15) is 9.90 Å². The smallest absolute Gasteiger partial charge is 0.223 e. The molecule has 0 bridgehead atoms. The Morgan fingerprint density at radius 2 is 2.25 bits per heavy atom. The number of aliphatic hydroxyl groups is 1. The molecule has 1 aliphatic heterocycles. The van der Waals surface area contributed by atoms with Gasteiger partial charge in [0.25, 0.3) is 0 Å². The molecule has 0 aromatic heterocycles. The van der Waals surface area contributed by atoms with Crippen LogP contribution < -0.4 is 4.74 Å². The number of para-hydroxylation sites is 1. The van der Waals surface area contributed by atoms with Crippen molar-refractivity contribution in [3.05, 3.63) is 29.8 Å². The van der Waals surface area contributed by atoms with Gasteiger partial charge in [0.1, 0.15) is 5.75 Å². The van der Waals surface area contributed by atoms with Gasteiger partial charge in [-0.3, -0.25) is 4.79 Å². The highest BCUT2D eigenvalue weighted by Gasteiger charge is 2.27. The van der Waals surface area contributed by atoms with Crippen LogP contribution in [0, 0.1) is 6.92 Å². The molecule has 1 fully saturated rings. The lowest BCUT2D eigenvalue weighted by atomic mass is 10.2. The summed E-state index contributed by atoms with van der Waals surface area (Å²) in [7, 11) is 0. The Morgan fingerprint density at radius 3 is 3.00 bits per heavy atom. The molecule has 0 saturated carbocycles. The van der Waals surface area contributed by atoms with E-state index in [1.54, 1.807) is 0 Å². The van der Waals surface area contributed by atoms with Gasteiger partial charge < -0.3 is 14.7 Å². The Morgan fingerprint density at radius 1 is 1.45 bits per heavy atom. The van der Waals surface area contributed by atoms with E-state index in [-0.39, 0.29) is 18.6 Å². The van der Waals surface area contributed by atoms with E-state index in [1.165, 1.54) is 0 Å². The van der Waals surface area contributed by atoms with E-state index in [4.69, 9.17) is 4.74 Å². The second-order valence-corrected chi connectivity index (χ2v) is 5.28. The third-order valence-corrected chi connectivity index (χ3v) is 3.79. The molecule has 1 unspecified atom stereocenters. The van der Waals surface area contributed by atoms with E-state index in [1.807, 2.05) is 36.1 Å². The van der Waals surface area contributed by atoms with Crippen molar-refractivity contribution >= 4 is 5.91 Å². The minimum absolute atomic E-state index is 0.0276. The van der Waals surface area contributed by atoms with E-state index < -0.39 is 0 Å². The van der Waals surface area contributed by atoms with Gasteiger partial charge in [0.05, 0.1) is 19.3 Å². The van der Waals surface area contributed by atoms with Crippen LogP contribution in [0.15, 0.2) is 24.3 Å². The average molecular weight is 277 g/mol. The van der Waals surface area contributed by atoms with Gasteiger partial charge in [-0.25, -0.2) is 0 Å². The lowest BCUT2D eigenvalue weighted by Gasteiger charge is -2.23. The largest absolute Gasteiger partial charge is 0.493 e. The predicted molar refractivity (Wildman–Crippen MR) is 77.7 cm³/mol. The van der Waals surface area contributed by atoms with Crippen LogP contribution in [-0.2, 0) is 4.79 Å². The van der Waals surface area contributed by atoms with Crippen LogP contribution in [-0.4, -0.2) is 41.7 Å². The molecule has 1 aromatic carbocycles. The maximum absolute atomic E-state index is 12.1. The second kappa shape index (κ2) is 7.29. The molecule has 4 heteroatoms. The van der Waals surface area contributed by atoms with E-state index in [2.05, 4.69) is 0 Å². The van der Waals surface area contributed by atoms with Crippen LogP contribution >= 0.6 is 0 Å². The summed E-state index contributed by atoms with van der Waals surface area (Å²) in [4.78, 5) is 13.9. The minimum Gasteiger partial charge on any atom is -0.493 e. The number of amides is 1. The standard InChI is InChI=1S/C16H23NO3/c1-13-6-2-3-8-15(13)20-11-5-9-16(19)17-10-4-7-14(17)12-18/h2-3,6,8,14,18H,4-5,7,9-12H2,1H3. The van der Waals surface area contributed by atoms with Crippen LogP contribution in [0.5, 0.6) is 5.75 Å². The fourth-order valence-corrected chi connectivity index (χ4v) is 2.62. The quantitative estimate of drug-likeness (QED) is 0.810. The van der Waals surface area contributed by atoms with Gasteiger partial charge in [-0.05, 0) is 37.8 Å². The monoisotopic (exact) mass is 277 g/mol. The Kier molecular flexibility index (Phi) is 5.41. The number of aliphatic hydroxyl groups excluding tert-OH is 1. The first-order valence-corrected chi connectivity index (χ1v) is 7.31. The third-order valence-electron chi connectivity index (χ3n) is 3.79. The molecule has 1 aromatic rings. The van der Waals surface area contributed by atoms with Crippen molar-refractivity contribution in [2.45, 2.75) is 38.6 Å². The van der Waals surface area contributed by atoms with Gasteiger partial charge in [0.2, 0.25) is 5.91 Å². The summed E-state index contributed by atoms with van der Waals surface area (Å²) >= 11 is 0. The summed E-state index contributed by atoms with van der Waals surface area (Å²) in [6.07, 6.45) is 3.11. The molecular weight excluding hydrogens is 254 g/mol.